The molecule has 0 N–H and O–H groups in total. The highest BCUT2D eigenvalue weighted by Crippen LogP contribution is 2.23. The summed E-state index contributed by atoms with van der Waals surface area (Å²) < 4.78 is 9.60. The van der Waals surface area contributed by atoms with Crippen LogP contribution in [0, 0.1) is 10.1 Å². The average molecular weight is 281 g/mol. The lowest BCUT2D eigenvalue weighted by atomic mass is 10.1. The fourth-order valence-electron chi connectivity index (χ4n) is 1.44. The Bertz CT molecular complexity index is 558. The SMILES string of the molecule is COC(=O)c1ccc([N+](=O)[O-])c(C(=O)OC(C)(C)C)c1. The number of esters is 2. The standard InChI is InChI=1S/C13H15NO6/c1-13(2,3)20-12(16)9-7-8(11(15)19-4)5-6-10(9)14(17)18/h5-7H,1-4H3. The Morgan fingerprint density at radius 2 is 1.80 bits per heavy atom. The minimum atomic E-state index is -0.866. The van der Waals surface area contributed by atoms with Crippen molar-refractivity contribution < 1.29 is 24.0 Å². The van der Waals surface area contributed by atoms with Crippen LogP contribution in [0.5, 0.6) is 0 Å². The van der Waals surface area contributed by atoms with Gasteiger partial charge in [0.25, 0.3) is 5.69 Å². The first kappa shape index (κ1) is 15.6. The van der Waals surface area contributed by atoms with Crippen LogP contribution in [0.25, 0.3) is 0 Å². The molecule has 0 bridgehead atoms. The third-order valence-corrected chi connectivity index (χ3v) is 2.23. The molecule has 0 radical (unpaired) electrons. The zero-order chi connectivity index (χ0) is 15.5. The van der Waals surface area contributed by atoms with Gasteiger partial charge in [-0.15, -0.1) is 0 Å². The topological polar surface area (TPSA) is 95.7 Å². The van der Waals surface area contributed by atoms with Gasteiger partial charge in [0.2, 0.25) is 0 Å². The monoisotopic (exact) mass is 281 g/mol. The van der Waals surface area contributed by atoms with E-state index in [0.29, 0.717) is 0 Å². The summed E-state index contributed by atoms with van der Waals surface area (Å²) in [6.45, 7) is 4.92. The van der Waals surface area contributed by atoms with Crippen LogP contribution in [-0.2, 0) is 9.47 Å². The molecule has 1 aromatic rings. The number of methoxy groups -OCH3 is 1. The molecule has 7 nitrogen and oxygen atoms in total. The van der Waals surface area contributed by atoms with Crippen molar-refractivity contribution in [1.82, 2.24) is 0 Å². The molecule has 0 saturated heterocycles. The predicted molar refractivity (Wildman–Crippen MR) is 69.6 cm³/mol. The highest BCUT2D eigenvalue weighted by molar-refractivity contribution is 5.98. The van der Waals surface area contributed by atoms with E-state index >= 15 is 0 Å². The van der Waals surface area contributed by atoms with Crippen LogP contribution >= 0.6 is 0 Å². The van der Waals surface area contributed by atoms with E-state index in [1.807, 2.05) is 0 Å². The lowest BCUT2D eigenvalue weighted by molar-refractivity contribution is -0.385. The van der Waals surface area contributed by atoms with Crippen LogP contribution < -0.4 is 0 Å². The van der Waals surface area contributed by atoms with Crippen molar-refractivity contribution in [2.24, 2.45) is 0 Å². The van der Waals surface area contributed by atoms with Crippen LogP contribution in [0.1, 0.15) is 41.5 Å². The number of ether oxygens (including phenoxy) is 2. The Balaban J connectivity index is 3.29. The van der Waals surface area contributed by atoms with E-state index in [4.69, 9.17) is 4.74 Å². The molecule has 0 unspecified atom stereocenters. The number of hydrogen-bond acceptors (Lipinski definition) is 6. The second-order valence-corrected chi connectivity index (χ2v) is 4.98. The number of carbonyl (C=O) groups excluding carboxylic acids is 2. The molecule has 0 amide bonds. The molecule has 0 spiro atoms. The molecule has 0 heterocycles. The van der Waals surface area contributed by atoms with Gasteiger partial charge in [-0.3, -0.25) is 10.1 Å². The molecule has 0 saturated carbocycles. The van der Waals surface area contributed by atoms with E-state index in [2.05, 4.69) is 4.74 Å². The van der Waals surface area contributed by atoms with Crippen molar-refractivity contribution in [2.45, 2.75) is 26.4 Å². The van der Waals surface area contributed by atoms with Crippen molar-refractivity contribution >= 4 is 17.6 Å². The van der Waals surface area contributed by atoms with Crippen molar-refractivity contribution in [1.29, 1.82) is 0 Å². The fourth-order valence-corrected chi connectivity index (χ4v) is 1.44. The molecule has 0 atom stereocenters. The van der Waals surface area contributed by atoms with Crippen molar-refractivity contribution in [3.63, 3.8) is 0 Å². The van der Waals surface area contributed by atoms with Crippen LogP contribution in [-0.4, -0.2) is 29.6 Å². The van der Waals surface area contributed by atoms with E-state index in [0.717, 1.165) is 12.1 Å². The Morgan fingerprint density at radius 3 is 2.25 bits per heavy atom. The maximum absolute atomic E-state index is 12.0. The van der Waals surface area contributed by atoms with E-state index in [-0.39, 0.29) is 11.1 Å². The second kappa shape index (κ2) is 5.68. The maximum atomic E-state index is 12.0. The zero-order valence-corrected chi connectivity index (χ0v) is 11.6. The van der Waals surface area contributed by atoms with Crippen molar-refractivity contribution in [2.75, 3.05) is 7.11 Å². The molecule has 0 fully saturated rings. The Labute approximate surface area is 115 Å². The molecule has 1 aromatic carbocycles. The summed E-state index contributed by atoms with van der Waals surface area (Å²) in [6, 6.07) is 3.39. The summed E-state index contributed by atoms with van der Waals surface area (Å²) in [6.07, 6.45) is 0. The molecule has 7 heteroatoms. The minimum absolute atomic E-state index is 0.0407. The van der Waals surface area contributed by atoms with Crippen LogP contribution in [0.2, 0.25) is 0 Å². The van der Waals surface area contributed by atoms with Crippen LogP contribution in [0.4, 0.5) is 5.69 Å². The second-order valence-electron chi connectivity index (χ2n) is 4.98. The number of hydrogen-bond donors (Lipinski definition) is 0. The van der Waals surface area contributed by atoms with Gasteiger partial charge in [-0.1, -0.05) is 0 Å². The third-order valence-electron chi connectivity index (χ3n) is 2.23. The first-order chi connectivity index (χ1) is 9.15. The predicted octanol–water partition coefficient (Wildman–Crippen LogP) is 2.34. The summed E-state index contributed by atoms with van der Waals surface area (Å²) in [5, 5.41) is 10.9. The molecule has 1 rings (SSSR count). The third kappa shape index (κ3) is 3.78. The number of rotatable bonds is 3. The molecule has 0 aromatic heterocycles. The smallest absolute Gasteiger partial charge is 0.345 e. The fraction of sp³-hybridized carbons (Fsp3) is 0.385. The molecule has 20 heavy (non-hydrogen) atoms. The van der Waals surface area contributed by atoms with Gasteiger partial charge in [0.05, 0.1) is 17.6 Å². The van der Waals surface area contributed by atoms with Gasteiger partial charge in [-0.25, -0.2) is 9.59 Å². The molecular formula is C13H15NO6. The summed E-state index contributed by atoms with van der Waals surface area (Å²) in [5.41, 5.74) is -1.47. The Morgan fingerprint density at radius 1 is 1.20 bits per heavy atom. The molecule has 0 aliphatic rings. The summed E-state index contributed by atoms with van der Waals surface area (Å²) in [5.74, 6) is -1.56. The van der Waals surface area contributed by atoms with Gasteiger partial charge >= 0.3 is 11.9 Å². The van der Waals surface area contributed by atoms with Crippen molar-refractivity contribution in [3.8, 4) is 0 Å². The first-order valence-electron chi connectivity index (χ1n) is 5.76. The van der Waals surface area contributed by atoms with E-state index in [1.165, 1.54) is 13.2 Å². The minimum Gasteiger partial charge on any atom is -0.465 e. The quantitative estimate of drug-likeness (QED) is 0.479. The van der Waals surface area contributed by atoms with Gasteiger partial charge in [0.1, 0.15) is 11.2 Å². The molecule has 0 aliphatic carbocycles. The maximum Gasteiger partial charge on any atom is 0.345 e. The Kier molecular flexibility index (Phi) is 4.44. The average Bonchev–Trinajstić information content (AvgIpc) is 2.34. The van der Waals surface area contributed by atoms with Gasteiger partial charge in [0.15, 0.2) is 0 Å². The van der Waals surface area contributed by atoms with E-state index in [1.54, 1.807) is 20.8 Å². The van der Waals surface area contributed by atoms with Gasteiger partial charge < -0.3 is 9.47 Å². The van der Waals surface area contributed by atoms with E-state index < -0.39 is 28.2 Å². The Hall–Kier alpha value is -2.44. The number of nitrogens with zero attached hydrogens (tertiary/aromatic N) is 1. The zero-order valence-electron chi connectivity index (χ0n) is 11.6. The molecule has 108 valence electrons. The normalized spacial score (nSPS) is 10.8. The summed E-state index contributed by atoms with van der Waals surface area (Å²) >= 11 is 0. The van der Waals surface area contributed by atoms with Gasteiger partial charge in [-0.05, 0) is 32.9 Å². The van der Waals surface area contributed by atoms with Crippen molar-refractivity contribution in [3.05, 3.63) is 39.4 Å². The summed E-state index contributed by atoms with van der Waals surface area (Å²) in [4.78, 5) is 33.6. The van der Waals surface area contributed by atoms with Gasteiger partial charge in [-0.2, -0.15) is 0 Å². The number of carbonyl (C=O) groups is 2. The highest BCUT2D eigenvalue weighted by Gasteiger charge is 2.27. The molecule has 0 aliphatic heterocycles. The van der Waals surface area contributed by atoms with Crippen LogP contribution in [0.3, 0.4) is 0 Å². The largest absolute Gasteiger partial charge is 0.465 e. The molecular weight excluding hydrogens is 266 g/mol. The van der Waals surface area contributed by atoms with Crippen LogP contribution in [0.15, 0.2) is 18.2 Å². The lowest BCUT2D eigenvalue weighted by Crippen LogP contribution is -2.24. The highest BCUT2D eigenvalue weighted by atomic mass is 16.6. The summed E-state index contributed by atoms with van der Waals surface area (Å²) in [7, 11) is 1.18. The first-order valence-corrected chi connectivity index (χ1v) is 5.76. The van der Waals surface area contributed by atoms with Gasteiger partial charge in [0, 0.05) is 6.07 Å². The van der Waals surface area contributed by atoms with E-state index in [9.17, 15) is 19.7 Å². The number of nitro groups is 1. The lowest BCUT2D eigenvalue weighted by Gasteiger charge is -2.19. The number of benzene rings is 1. The number of nitro benzene ring substituents is 1.